The molecule has 3 heterocycles. The first-order valence-electron chi connectivity index (χ1n) is 11.4. The molecule has 168 valence electrons. The first-order valence-corrected chi connectivity index (χ1v) is 12.6. The van der Waals surface area contributed by atoms with Gasteiger partial charge < -0.3 is 9.88 Å². The third-order valence-corrected chi connectivity index (χ3v) is 8.32. The van der Waals surface area contributed by atoms with Gasteiger partial charge >= 0.3 is 0 Å². The van der Waals surface area contributed by atoms with E-state index >= 15 is 0 Å². The van der Waals surface area contributed by atoms with Crippen molar-refractivity contribution in [3.05, 3.63) is 52.0 Å². The number of hydrogen-bond acceptors (Lipinski definition) is 3. The number of nitrogens with zero attached hydrogens (tertiary/aromatic N) is 2. The number of halogens is 1. The van der Waals surface area contributed by atoms with Gasteiger partial charge in [0.2, 0.25) is 5.91 Å². The van der Waals surface area contributed by atoms with E-state index in [4.69, 9.17) is 11.6 Å². The standard InChI is InChI=1S/C25H28ClN3O2S/c1-3-19-13-20-22(32-19)14-21-23(30)29(18-11-7-8-16(26)12-18)25(2,15-28(20)21)24(31)27-17-9-5-4-6-10-17/h7-8,11-14,17H,3-6,9-10,15H2,1-2H3,(H,27,31)/t25-/m1/s1. The fourth-order valence-electron chi connectivity index (χ4n) is 5.11. The van der Waals surface area contributed by atoms with Crippen LogP contribution in [0.5, 0.6) is 0 Å². The largest absolute Gasteiger partial charge is 0.351 e. The molecular weight excluding hydrogens is 442 g/mol. The van der Waals surface area contributed by atoms with Gasteiger partial charge in [0.05, 0.1) is 16.8 Å². The van der Waals surface area contributed by atoms with Crippen LogP contribution >= 0.6 is 22.9 Å². The number of fused-ring (bicyclic) bond motifs is 3. The molecule has 5 rings (SSSR count). The molecule has 0 bridgehead atoms. The van der Waals surface area contributed by atoms with Crippen LogP contribution in [0.15, 0.2) is 36.4 Å². The van der Waals surface area contributed by atoms with Crippen LogP contribution in [0, 0.1) is 0 Å². The summed E-state index contributed by atoms with van der Waals surface area (Å²) in [5.74, 6) is -0.266. The number of benzene rings is 1. The van der Waals surface area contributed by atoms with Crippen molar-refractivity contribution in [3.63, 3.8) is 0 Å². The van der Waals surface area contributed by atoms with Gasteiger partial charge in [0, 0.05) is 21.6 Å². The Kier molecular flexibility index (Phi) is 5.54. The van der Waals surface area contributed by atoms with E-state index < -0.39 is 5.54 Å². The normalized spacial score (nSPS) is 21.7. The summed E-state index contributed by atoms with van der Waals surface area (Å²) >= 11 is 7.99. The minimum absolute atomic E-state index is 0.101. The van der Waals surface area contributed by atoms with Gasteiger partial charge in [-0.25, -0.2) is 0 Å². The van der Waals surface area contributed by atoms with Crippen molar-refractivity contribution in [2.45, 2.75) is 70.5 Å². The monoisotopic (exact) mass is 469 g/mol. The smallest absolute Gasteiger partial charge is 0.275 e. The van der Waals surface area contributed by atoms with Gasteiger partial charge in [0.1, 0.15) is 11.2 Å². The Morgan fingerprint density at radius 2 is 2.00 bits per heavy atom. The third kappa shape index (κ3) is 3.54. The van der Waals surface area contributed by atoms with E-state index in [-0.39, 0.29) is 17.9 Å². The first-order chi connectivity index (χ1) is 15.4. The molecule has 1 fully saturated rings. The number of aromatic nitrogens is 1. The van der Waals surface area contributed by atoms with Gasteiger partial charge in [-0.1, -0.05) is 43.9 Å². The molecule has 7 heteroatoms. The molecule has 0 unspecified atom stereocenters. The minimum Gasteiger partial charge on any atom is -0.351 e. The lowest BCUT2D eigenvalue weighted by Gasteiger charge is -2.44. The summed E-state index contributed by atoms with van der Waals surface area (Å²) in [5, 5.41) is 3.82. The summed E-state index contributed by atoms with van der Waals surface area (Å²) in [6.07, 6.45) is 6.44. The molecule has 5 nitrogen and oxygen atoms in total. The fourth-order valence-corrected chi connectivity index (χ4v) is 6.34. The van der Waals surface area contributed by atoms with Gasteiger partial charge in [-0.2, -0.15) is 0 Å². The van der Waals surface area contributed by atoms with Crippen molar-refractivity contribution in [1.82, 2.24) is 9.88 Å². The summed E-state index contributed by atoms with van der Waals surface area (Å²) in [5.41, 5.74) is 1.25. The second-order valence-corrected chi connectivity index (χ2v) is 10.7. The van der Waals surface area contributed by atoms with E-state index in [1.807, 2.05) is 29.7 Å². The molecule has 0 saturated heterocycles. The van der Waals surface area contributed by atoms with Gasteiger partial charge in [0.25, 0.3) is 5.91 Å². The van der Waals surface area contributed by atoms with Crippen molar-refractivity contribution >= 4 is 50.7 Å². The van der Waals surface area contributed by atoms with E-state index in [0.717, 1.165) is 42.3 Å². The zero-order chi connectivity index (χ0) is 22.5. The molecule has 1 N–H and O–H groups in total. The Morgan fingerprint density at radius 3 is 2.72 bits per heavy atom. The molecule has 1 aromatic carbocycles. The Bertz CT molecular complexity index is 1190. The van der Waals surface area contributed by atoms with E-state index in [9.17, 15) is 9.59 Å². The van der Waals surface area contributed by atoms with Crippen molar-refractivity contribution in [1.29, 1.82) is 0 Å². The molecule has 2 amide bonds. The summed E-state index contributed by atoms with van der Waals surface area (Å²) < 4.78 is 3.13. The van der Waals surface area contributed by atoms with Crippen LogP contribution in [0.1, 0.15) is 61.3 Å². The van der Waals surface area contributed by atoms with Gasteiger partial charge in [-0.15, -0.1) is 11.3 Å². The number of amides is 2. The highest BCUT2D eigenvalue weighted by Gasteiger charge is 2.49. The molecule has 1 saturated carbocycles. The number of hydrogen-bond donors (Lipinski definition) is 1. The molecule has 2 aliphatic rings. The maximum absolute atomic E-state index is 13.8. The van der Waals surface area contributed by atoms with Crippen LogP contribution in [0.3, 0.4) is 0 Å². The van der Waals surface area contributed by atoms with Crippen LogP contribution in [-0.2, 0) is 17.8 Å². The lowest BCUT2D eigenvalue weighted by Crippen LogP contribution is -2.65. The number of carbonyl (C=O) groups is 2. The highest BCUT2D eigenvalue weighted by molar-refractivity contribution is 7.19. The summed E-state index contributed by atoms with van der Waals surface area (Å²) in [7, 11) is 0. The number of rotatable bonds is 4. The maximum Gasteiger partial charge on any atom is 0.275 e. The third-order valence-electron chi connectivity index (χ3n) is 6.87. The highest BCUT2D eigenvalue weighted by Crippen LogP contribution is 2.39. The molecule has 3 aromatic rings. The summed E-state index contributed by atoms with van der Waals surface area (Å²) in [6.45, 7) is 4.42. The minimum atomic E-state index is -1.06. The lowest BCUT2D eigenvalue weighted by atomic mass is 9.91. The zero-order valence-corrected chi connectivity index (χ0v) is 20.1. The van der Waals surface area contributed by atoms with E-state index in [1.54, 1.807) is 28.4 Å². The topological polar surface area (TPSA) is 54.3 Å². The predicted octanol–water partition coefficient (Wildman–Crippen LogP) is 5.79. The second-order valence-electron chi connectivity index (χ2n) is 9.13. The number of aryl methyl sites for hydroxylation is 1. The zero-order valence-electron chi connectivity index (χ0n) is 18.5. The number of nitrogens with one attached hydrogen (secondary N) is 1. The molecule has 2 aromatic heterocycles. The average molecular weight is 470 g/mol. The fraction of sp³-hybridized carbons (Fsp3) is 0.440. The van der Waals surface area contributed by atoms with E-state index in [1.165, 1.54) is 11.3 Å². The second kappa shape index (κ2) is 8.23. The summed E-state index contributed by atoms with van der Waals surface area (Å²) in [4.78, 5) is 30.6. The van der Waals surface area contributed by atoms with Gasteiger partial charge in [-0.3, -0.25) is 14.5 Å². The van der Waals surface area contributed by atoms with E-state index in [2.05, 4.69) is 18.3 Å². The Hall–Kier alpha value is -2.31. The molecule has 0 radical (unpaired) electrons. The number of thiophene rings is 1. The van der Waals surface area contributed by atoms with Gasteiger partial charge in [0.15, 0.2) is 0 Å². The lowest BCUT2D eigenvalue weighted by molar-refractivity contribution is -0.127. The van der Waals surface area contributed by atoms with Crippen molar-refractivity contribution in [2.75, 3.05) is 4.90 Å². The first kappa shape index (κ1) is 21.5. The Morgan fingerprint density at radius 1 is 1.22 bits per heavy atom. The molecule has 0 spiro atoms. The molecule has 1 aliphatic heterocycles. The van der Waals surface area contributed by atoms with Crippen LogP contribution in [-0.4, -0.2) is 28.0 Å². The van der Waals surface area contributed by atoms with Crippen LogP contribution in [0.2, 0.25) is 5.02 Å². The van der Waals surface area contributed by atoms with Crippen molar-refractivity contribution in [2.24, 2.45) is 0 Å². The van der Waals surface area contributed by atoms with Crippen molar-refractivity contribution < 1.29 is 9.59 Å². The molecular formula is C25H28ClN3O2S. The van der Waals surface area contributed by atoms with Gasteiger partial charge in [-0.05, 0) is 56.5 Å². The average Bonchev–Trinajstić information content (AvgIpc) is 3.33. The number of anilines is 1. The number of carbonyl (C=O) groups excluding carboxylic acids is 2. The van der Waals surface area contributed by atoms with Crippen LogP contribution < -0.4 is 10.2 Å². The Labute approximate surface area is 197 Å². The van der Waals surface area contributed by atoms with Crippen LogP contribution in [0.4, 0.5) is 5.69 Å². The molecule has 1 aliphatic carbocycles. The maximum atomic E-state index is 13.8. The molecule has 32 heavy (non-hydrogen) atoms. The quantitative estimate of drug-likeness (QED) is 0.526. The molecule has 1 atom stereocenters. The SMILES string of the molecule is CCc1cc2c(cc3n2C[C@](C)(C(=O)NC2CCCCC2)N(c2cccc(Cl)c2)C3=O)s1. The van der Waals surface area contributed by atoms with E-state index in [0.29, 0.717) is 22.9 Å². The van der Waals surface area contributed by atoms with Crippen LogP contribution in [0.25, 0.3) is 10.2 Å². The Balaban J connectivity index is 1.61. The summed E-state index contributed by atoms with van der Waals surface area (Å²) in [6, 6.07) is 11.5. The van der Waals surface area contributed by atoms with Crippen molar-refractivity contribution in [3.8, 4) is 0 Å². The highest BCUT2D eigenvalue weighted by atomic mass is 35.5. The predicted molar refractivity (Wildman–Crippen MR) is 131 cm³/mol.